The van der Waals surface area contributed by atoms with E-state index in [0.29, 0.717) is 13.1 Å². The molecule has 1 aromatic carbocycles. The SMILES string of the molecule is CCN1CCN(C(=O)c2ccnc(Nc3cccc(C(F)(F)F)c3)n2)CC1. The first-order valence-corrected chi connectivity index (χ1v) is 8.66. The number of nitrogens with zero attached hydrogens (tertiary/aromatic N) is 4. The van der Waals surface area contributed by atoms with Crippen LogP contribution in [0.2, 0.25) is 0 Å². The minimum atomic E-state index is -4.43. The first-order valence-electron chi connectivity index (χ1n) is 8.66. The minimum Gasteiger partial charge on any atom is -0.335 e. The lowest BCUT2D eigenvalue weighted by molar-refractivity contribution is -0.137. The number of carbonyl (C=O) groups excluding carboxylic acids is 1. The molecular formula is C18H20F3N5O. The molecule has 9 heteroatoms. The highest BCUT2D eigenvalue weighted by Crippen LogP contribution is 2.31. The van der Waals surface area contributed by atoms with E-state index in [4.69, 9.17) is 0 Å². The first kappa shape index (κ1) is 19.1. The van der Waals surface area contributed by atoms with Crippen LogP contribution >= 0.6 is 0 Å². The average molecular weight is 379 g/mol. The molecule has 0 aliphatic carbocycles. The average Bonchev–Trinajstić information content (AvgIpc) is 2.67. The van der Waals surface area contributed by atoms with Crippen molar-refractivity contribution in [2.45, 2.75) is 13.1 Å². The molecule has 0 bridgehead atoms. The molecule has 0 radical (unpaired) electrons. The third-order valence-electron chi connectivity index (χ3n) is 4.43. The summed E-state index contributed by atoms with van der Waals surface area (Å²) in [6.45, 7) is 5.87. The molecule has 2 aromatic rings. The Kier molecular flexibility index (Phi) is 5.59. The third kappa shape index (κ3) is 4.73. The van der Waals surface area contributed by atoms with E-state index in [1.807, 2.05) is 0 Å². The fourth-order valence-corrected chi connectivity index (χ4v) is 2.87. The molecule has 2 heterocycles. The molecule has 1 saturated heterocycles. The number of rotatable bonds is 4. The van der Waals surface area contributed by atoms with E-state index in [0.717, 1.165) is 31.8 Å². The van der Waals surface area contributed by atoms with Gasteiger partial charge in [0.25, 0.3) is 5.91 Å². The van der Waals surface area contributed by atoms with Crippen LogP contribution in [-0.4, -0.2) is 58.4 Å². The number of benzene rings is 1. The van der Waals surface area contributed by atoms with Crippen molar-refractivity contribution in [3.63, 3.8) is 0 Å². The molecule has 0 atom stereocenters. The zero-order valence-corrected chi connectivity index (χ0v) is 14.8. The number of hydrogen-bond acceptors (Lipinski definition) is 5. The number of nitrogens with one attached hydrogen (secondary N) is 1. The van der Waals surface area contributed by atoms with Crippen LogP contribution in [0.3, 0.4) is 0 Å². The second-order valence-electron chi connectivity index (χ2n) is 6.20. The zero-order chi connectivity index (χ0) is 19.4. The predicted octanol–water partition coefficient (Wildman–Crippen LogP) is 3.02. The van der Waals surface area contributed by atoms with E-state index >= 15 is 0 Å². The molecule has 1 fully saturated rings. The van der Waals surface area contributed by atoms with Crippen molar-refractivity contribution in [1.82, 2.24) is 19.8 Å². The summed E-state index contributed by atoms with van der Waals surface area (Å²) in [4.78, 5) is 24.8. The molecule has 0 saturated carbocycles. The molecule has 0 spiro atoms. The first-order chi connectivity index (χ1) is 12.9. The van der Waals surface area contributed by atoms with Crippen molar-refractivity contribution in [2.75, 3.05) is 38.0 Å². The predicted molar refractivity (Wildman–Crippen MR) is 94.8 cm³/mol. The van der Waals surface area contributed by atoms with E-state index in [9.17, 15) is 18.0 Å². The van der Waals surface area contributed by atoms with Crippen LogP contribution < -0.4 is 5.32 Å². The van der Waals surface area contributed by atoms with Crippen molar-refractivity contribution < 1.29 is 18.0 Å². The van der Waals surface area contributed by atoms with Gasteiger partial charge in [0, 0.05) is 38.1 Å². The van der Waals surface area contributed by atoms with Crippen molar-refractivity contribution in [1.29, 1.82) is 0 Å². The van der Waals surface area contributed by atoms with Gasteiger partial charge < -0.3 is 15.1 Å². The van der Waals surface area contributed by atoms with Crippen molar-refractivity contribution in [3.05, 3.63) is 47.8 Å². The van der Waals surface area contributed by atoms with Crippen LogP contribution in [-0.2, 0) is 6.18 Å². The molecule has 27 heavy (non-hydrogen) atoms. The highest BCUT2D eigenvalue weighted by molar-refractivity contribution is 5.92. The van der Waals surface area contributed by atoms with Crippen LogP contribution in [0.25, 0.3) is 0 Å². The second kappa shape index (κ2) is 7.91. The Morgan fingerprint density at radius 1 is 1.19 bits per heavy atom. The lowest BCUT2D eigenvalue weighted by Gasteiger charge is -2.33. The largest absolute Gasteiger partial charge is 0.416 e. The van der Waals surface area contributed by atoms with Gasteiger partial charge in [-0.3, -0.25) is 4.79 Å². The van der Waals surface area contributed by atoms with Gasteiger partial charge in [-0.25, -0.2) is 9.97 Å². The minimum absolute atomic E-state index is 0.0763. The monoisotopic (exact) mass is 379 g/mol. The van der Waals surface area contributed by atoms with Gasteiger partial charge in [-0.1, -0.05) is 13.0 Å². The number of hydrogen-bond donors (Lipinski definition) is 1. The number of anilines is 2. The molecule has 1 aliphatic rings. The lowest BCUT2D eigenvalue weighted by atomic mass is 10.2. The van der Waals surface area contributed by atoms with Gasteiger partial charge in [0.15, 0.2) is 0 Å². The van der Waals surface area contributed by atoms with Crippen LogP contribution in [0.1, 0.15) is 23.0 Å². The van der Waals surface area contributed by atoms with Crippen LogP contribution in [0.4, 0.5) is 24.8 Å². The summed E-state index contributed by atoms with van der Waals surface area (Å²) in [5.41, 5.74) is -0.357. The Labute approximate surface area is 155 Å². The van der Waals surface area contributed by atoms with Gasteiger partial charge in [0.1, 0.15) is 5.69 Å². The third-order valence-corrected chi connectivity index (χ3v) is 4.43. The number of amides is 1. The van der Waals surface area contributed by atoms with Crippen molar-refractivity contribution >= 4 is 17.5 Å². The smallest absolute Gasteiger partial charge is 0.335 e. The maximum absolute atomic E-state index is 12.8. The Hall–Kier alpha value is -2.68. The molecule has 1 N–H and O–H groups in total. The molecular weight excluding hydrogens is 359 g/mol. The summed E-state index contributed by atoms with van der Waals surface area (Å²) in [7, 11) is 0. The Morgan fingerprint density at radius 3 is 2.59 bits per heavy atom. The molecule has 1 amide bonds. The Balaban J connectivity index is 1.72. The van der Waals surface area contributed by atoms with Gasteiger partial charge in [-0.2, -0.15) is 13.2 Å². The standard InChI is InChI=1S/C18H20F3N5O/c1-2-25-8-10-26(11-9-25)16(27)15-6-7-22-17(24-15)23-14-5-3-4-13(12-14)18(19,20)21/h3-7,12H,2,8-11H2,1H3,(H,22,23,24). The van der Waals surface area contributed by atoms with Gasteiger partial charge in [0.2, 0.25) is 5.95 Å². The van der Waals surface area contributed by atoms with Crippen LogP contribution in [0, 0.1) is 0 Å². The molecule has 144 valence electrons. The normalized spacial score (nSPS) is 15.6. The van der Waals surface area contributed by atoms with Crippen LogP contribution in [0.5, 0.6) is 0 Å². The van der Waals surface area contributed by atoms with E-state index in [1.54, 1.807) is 4.90 Å². The van der Waals surface area contributed by atoms with E-state index in [-0.39, 0.29) is 23.2 Å². The molecule has 6 nitrogen and oxygen atoms in total. The topological polar surface area (TPSA) is 61.4 Å². The highest BCUT2D eigenvalue weighted by Gasteiger charge is 2.30. The van der Waals surface area contributed by atoms with Gasteiger partial charge >= 0.3 is 6.18 Å². The van der Waals surface area contributed by atoms with Crippen molar-refractivity contribution in [3.8, 4) is 0 Å². The Morgan fingerprint density at radius 2 is 1.93 bits per heavy atom. The number of likely N-dealkylation sites (N-methyl/N-ethyl adjacent to an activating group) is 1. The lowest BCUT2D eigenvalue weighted by Crippen LogP contribution is -2.48. The van der Waals surface area contributed by atoms with Gasteiger partial charge in [0.05, 0.1) is 5.56 Å². The number of aromatic nitrogens is 2. The molecule has 3 rings (SSSR count). The van der Waals surface area contributed by atoms with Gasteiger partial charge in [-0.15, -0.1) is 0 Å². The van der Waals surface area contributed by atoms with E-state index < -0.39 is 11.7 Å². The fraction of sp³-hybridized carbons (Fsp3) is 0.389. The van der Waals surface area contributed by atoms with Crippen molar-refractivity contribution in [2.24, 2.45) is 0 Å². The number of carbonyl (C=O) groups is 1. The van der Waals surface area contributed by atoms with Crippen LogP contribution in [0.15, 0.2) is 36.5 Å². The maximum atomic E-state index is 12.8. The Bertz CT molecular complexity index is 804. The van der Waals surface area contributed by atoms with E-state index in [1.165, 1.54) is 24.4 Å². The maximum Gasteiger partial charge on any atom is 0.416 e. The second-order valence-corrected chi connectivity index (χ2v) is 6.20. The summed E-state index contributed by atoms with van der Waals surface area (Å²) in [6, 6.07) is 6.25. The number of piperazine rings is 1. The quantitative estimate of drug-likeness (QED) is 0.885. The summed E-state index contributed by atoms with van der Waals surface area (Å²) in [5, 5.41) is 2.73. The fourth-order valence-electron chi connectivity index (χ4n) is 2.87. The van der Waals surface area contributed by atoms with Gasteiger partial charge in [-0.05, 0) is 30.8 Å². The highest BCUT2D eigenvalue weighted by atomic mass is 19.4. The molecule has 1 aliphatic heterocycles. The molecule has 1 aromatic heterocycles. The molecule has 0 unspecified atom stereocenters. The summed E-state index contributed by atoms with van der Waals surface area (Å²) in [5.74, 6) is -0.132. The summed E-state index contributed by atoms with van der Waals surface area (Å²) >= 11 is 0. The summed E-state index contributed by atoms with van der Waals surface area (Å²) in [6.07, 6.45) is -3.02. The zero-order valence-electron chi connectivity index (χ0n) is 14.8. The number of alkyl halides is 3. The summed E-state index contributed by atoms with van der Waals surface area (Å²) < 4.78 is 38.5. The van der Waals surface area contributed by atoms with E-state index in [2.05, 4.69) is 27.1 Å². The number of halogens is 3.